The van der Waals surface area contributed by atoms with Gasteiger partial charge < -0.3 is 9.47 Å². The summed E-state index contributed by atoms with van der Waals surface area (Å²) in [7, 11) is 0. The Morgan fingerprint density at radius 1 is 1.29 bits per heavy atom. The van der Waals surface area contributed by atoms with E-state index >= 15 is 0 Å². The van der Waals surface area contributed by atoms with Crippen molar-refractivity contribution in [1.82, 2.24) is 0 Å². The highest BCUT2D eigenvalue weighted by Crippen LogP contribution is 2.57. The third kappa shape index (κ3) is 2.33. The SMILES string of the molecule is C=C1CC(C(=O)OCC)(C(=O)OCC)[C@H]2C[C@@H](C#N)[C@@H]1C2. The highest BCUT2D eigenvalue weighted by Gasteiger charge is 2.62. The van der Waals surface area contributed by atoms with Crippen LogP contribution >= 0.6 is 0 Å². The number of allylic oxidation sites excluding steroid dienone is 1. The van der Waals surface area contributed by atoms with Crippen molar-refractivity contribution in [2.24, 2.45) is 23.2 Å². The van der Waals surface area contributed by atoms with Gasteiger partial charge in [0.2, 0.25) is 0 Å². The van der Waals surface area contributed by atoms with Gasteiger partial charge >= 0.3 is 11.9 Å². The van der Waals surface area contributed by atoms with Crippen molar-refractivity contribution in [3.8, 4) is 6.07 Å². The van der Waals surface area contributed by atoms with Crippen molar-refractivity contribution in [2.45, 2.75) is 33.1 Å². The minimum atomic E-state index is -1.31. The molecule has 2 aliphatic rings. The quantitative estimate of drug-likeness (QED) is 0.451. The van der Waals surface area contributed by atoms with E-state index in [2.05, 4.69) is 12.6 Å². The molecule has 0 aromatic rings. The van der Waals surface area contributed by atoms with E-state index in [1.54, 1.807) is 13.8 Å². The number of esters is 2. The highest BCUT2D eigenvalue weighted by molar-refractivity contribution is 6.01. The molecule has 0 aromatic heterocycles. The van der Waals surface area contributed by atoms with Crippen LogP contribution in [0.1, 0.15) is 33.1 Å². The molecule has 2 aliphatic carbocycles. The molecule has 21 heavy (non-hydrogen) atoms. The standard InChI is InChI=1S/C16H21NO4/c1-4-20-14(18)16(15(19)21-5-2)8-10(3)13-7-12(16)6-11(13)9-17/h11-13H,3-8H2,1-2H3/t11-,12-,13+/m0/s1. The van der Waals surface area contributed by atoms with Crippen LogP contribution in [0.5, 0.6) is 0 Å². The molecule has 114 valence electrons. The molecule has 0 aliphatic heterocycles. The summed E-state index contributed by atoms with van der Waals surface area (Å²) < 4.78 is 10.3. The number of hydrogen-bond donors (Lipinski definition) is 0. The molecule has 3 atom stereocenters. The van der Waals surface area contributed by atoms with Crippen LogP contribution in [0.2, 0.25) is 0 Å². The van der Waals surface area contributed by atoms with Crippen molar-refractivity contribution in [1.29, 1.82) is 5.26 Å². The summed E-state index contributed by atoms with van der Waals surface area (Å²) in [5.41, 5.74) is -0.526. The molecule has 2 saturated carbocycles. The van der Waals surface area contributed by atoms with Crippen molar-refractivity contribution < 1.29 is 19.1 Å². The molecule has 0 heterocycles. The van der Waals surface area contributed by atoms with Gasteiger partial charge in [0.05, 0.1) is 25.2 Å². The van der Waals surface area contributed by atoms with Crippen LogP contribution in [0, 0.1) is 34.5 Å². The van der Waals surface area contributed by atoms with Gasteiger partial charge in [0.1, 0.15) is 0 Å². The lowest BCUT2D eigenvalue weighted by molar-refractivity contribution is -0.177. The van der Waals surface area contributed by atoms with Crippen molar-refractivity contribution in [3.05, 3.63) is 12.2 Å². The number of hydrogen-bond acceptors (Lipinski definition) is 5. The fourth-order valence-electron chi connectivity index (χ4n) is 3.75. The van der Waals surface area contributed by atoms with Crippen molar-refractivity contribution in [3.63, 3.8) is 0 Å². The fourth-order valence-corrected chi connectivity index (χ4v) is 3.75. The minimum absolute atomic E-state index is 0.0805. The van der Waals surface area contributed by atoms with E-state index in [1.807, 2.05) is 0 Å². The molecule has 2 bridgehead atoms. The summed E-state index contributed by atoms with van der Waals surface area (Å²) >= 11 is 0. The second-order valence-electron chi connectivity index (χ2n) is 5.76. The third-order valence-corrected chi connectivity index (χ3v) is 4.73. The van der Waals surface area contributed by atoms with Gasteiger partial charge in [-0.15, -0.1) is 0 Å². The molecular weight excluding hydrogens is 270 g/mol. The van der Waals surface area contributed by atoms with Crippen LogP contribution < -0.4 is 0 Å². The van der Waals surface area contributed by atoms with Gasteiger partial charge in [-0.3, -0.25) is 9.59 Å². The Bertz CT molecular complexity index is 487. The molecule has 0 aromatic carbocycles. The Labute approximate surface area is 124 Å². The van der Waals surface area contributed by atoms with E-state index in [-0.39, 0.29) is 37.4 Å². The lowest BCUT2D eigenvalue weighted by Crippen LogP contribution is -2.49. The smallest absolute Gasteiger partial charge is 0.324 e. The summed E-state index contributed by atoms with van der Waals surface area (Å²) in [6.07, 6.45) is 1.39. The molecule has 2 fully saturated rings. The highest BCUT2D eigenvalue weighted by atomic mass is 16.6. The minimum Gasteiger partial charge on any atom is -0.465 e. The lowest BCUT2D eigenvalue weighted by Gasteiger charge is -2.38. The number of nitrogens with zero attached hydrogens (tertiary/aromatic N) is 1. The van der Waals surface area contributed by atoms with Crippen molar-refractivity contribution in [2.75, 3.05) is 13.2 Å². The van der Waals surface area contributed by atoms with Crippen LogP contribution in [0.4, 0.5) is 0 Å². The Hall–Kier alpha value is -1.83. The first-order valence-electron chi connectivity index (χ1n) is 7.42. The monoisotopic (exact) mass is 291 g/mol. The van der Waals surface area contributed by atoms with E-state index in [0.29, 0.717) is 12.8 Å². The van der Waals surface area contributed by atoms with Gasteiger partial charge in [0.25, 0.3) is 0 Å². The molecule has 0 unspecified atom stereocenters. The van der Waals surface area contributed by atoms with Gasteiger partial charge in [-0.05, 0) is 44.9 Å². The fraction of sp³-hybridized carbons (Fsp3) is 0.688. The van der Waals surface area contributed by atoms with Crippen LogP contribution in [0.3, 0.4) is 0 Å². The average molecular weight is 291 g/mol. The number of carbonyl (C=O) groups excluding carboxylic acids is 2. The summed E-state index contributed by atoms with van der Waals surface area (Å²) in [6, 6.07) is 2.28. The normalized spacial score (nSPS) is 29.6. The zero-order valence-corrected chi connectivity index (χ0v) is 12.6. The number of fused-ring (bicyclic) bond motifs is 2. The summed E-state index contributed by atoms with van der Waals surface area (Å²) in [5, 5.41) is 9.26. The average Bonchev–Trinajstić information content (AvgIpc) is 2.84. The molecule has 2 rings (SSSR count). The molecule has 5 heteroatoms. The molecule has 0 radical (unpaired) electrons. The predicted octanol–water partition coefficient (Wildman–Crippen LogP) is 2.22. The second kappa shape index (κ2) is 5.88. The predicted molar refractivity (Wildman–Crippen MR) is 74.8 cm³/mol. The van der Waals surface area contributed by atoms with Crippen molar-refractivity contribution >= 4 is 11.9 Å². The first-order valence-corrected chi connectivity index (χ1v) is 7.42. The Kier molecular flexibility index (Phi) is 4.36. The van der Waals surface area contributed by atoms with E-state index < -0.39 is 17.4 Å². The van der Waals surface area contributed by atoms with Gasteiger partial charge in [-0.1, -0.05) is 12.2 Å². The molecule has 0 N–H and O–H groups in total. The largest absolute Gasteiger partial charge is 0.465 e. The van der Waals surface area contributed by atoms with E-state index in [0.717, 1.165) is 5.57 Å². The maximum absolute atomic E-state index is 12.5. The maximum atomic E-state index is 12.5. The van der Waals surface area contributed by atoms with E-state index in [1.165, 1.54) is 0 Å². The zero-order valence-electron chi connectivity index (χ0n) is 12.6. The van der Waals surface area contributed by atoms with Crippen LogP contribution in [0.25, 0.3) is 0 Å². The molecule has 0 saturated heterocycles. The van der Waals surface area contributed by atoms with Gasteiger partial charge in [-0.25, -0.2) is 0 Å². The number of rotatable bonds is 4. The van der Waals surface area contributed by atoms with Crippen LogP contribution in [-0.2, 0) is 19.1 Å². The lowest BCUT2D eigenvalue weighted by atomic mass is 9.65. The first kappa shape index (κ1) is 15.6. The van der Waals surface area contributed by atoms with Gasteiger partial charge in [-0.2, -0.15) is 5.26 Å². The Morgan fingerprint density at radius 2 is 1.86 bits per heavy atom. The van der Waals surface area contributed by atoms with E-state index in [9.17, 15) is 14.9 Å². The second-order valence-corrected chi connectivity index (χ2v) is 5.76. The number of ether oxygens (including phenoxy) is 2. The Morgan fingerprint density at radius 3 is 2.33 bits per heavy atom. The third-order valence-electron chi connectivity index (χ3n) is 4.73. The summed E-state index contributed by atoms with van der Waals surface area (Å²) in [5.74, 6) is -1.36. The molecule has 0 spiro atoms. The Balaban J connectivity index is 2.41. The maximum Gasteiger partial charge on any atom is 0.324 e. The summed E-state index contributed by atoms with van der Waals surface area (Å²) in [6.45, 7) is 7.85. The number of nitriles is 1. The van der Waals surface area contributed by atoms with Crippen LogP contribution in [0.15, 0.2) is 12.2 Å². The van der Waals surface area contributed by atoms with Gasteiger partial charge in [0, 0.05) is 0 Å². The van der Waals surface area contributed by atoms with Crippen LogP contribution in [-0.4, -0.2) is 25.2 Å². The number of carbonyl (C=O) groups is 2. The first-order chi connectivity index (χ1) is 10.0. The van der Waals surface area contributed by atoms with E-state index in [4.69, 9.17) is 9.47 Å². The topological polar surface area (TPSA) is 76.4 Å². The van der Waals surface area contributed by atoms with Gasteiger partial charge in [0.15, 0.2) is 5.41 Å². The molecular formula is C16H21NO4. The summed E-state index contributed by atoms with van der Waals surface area (Å²) in [4.78, 5) is 25.0. The molecule has 5 nitrogen and oxygen atoms in total. The molecule has 0 amide bonds. The zero-order chi connectivity index (χ0) is 15.6.